The maximum atomic E-state index is 11.4. The Labute approximate surface area is 127 Å². The molecular formula is C15H24N2O3S. The molecule has 0 unspecified atom stereocenters. The molecule has 0 atom stereocenters. The van der Waals surface area contributed by atoms with Gasteiger partial charge in [0.2, 0.25) is 0 Å². The predicted octanol–water partition coefficient (Wildman–Crippen LogP) is 1.14. The van der Waals surface area contributed by atoms with Crippen molar-refractivity contribution < 1.29 is 13.2 Å². The van der Waals surface area contributed by atoms with Crippen molar-refractivity contribution in [1.82, 2.24) is 4.90 Å². The summed E-state index contributed by atoms with van der Waals surface area (Å²) in [5.74, 6) is 1.29. The number of hydrogen-bond donors (Lipinski definition) is 1. The van der Waals surface area contributed by atoms with Gasteiger partial charge >= 0.3 is 0 Å². The van der Waals surface area contributed by atoms with Gasteiger partial charge in [0, 0.05) is 19.3 Å². The number of sulfone groups is 1. The number of piperidine rings is 1. The quantitative estimate of drug-likeness (QED) is 0.853. The van der Waals surface area contributed by atoms with Crippen LogP contribution in [0.1, 0.15) is 12.8 Å². The molecule has 0 spiro atoms. The summed E-state index contributed by atoms with van der Waals surface area (Å²) in [6, 6.07) is 6.63. The molecule has 0 aromatic heterocycles. The topological polar surface area (TPSA) is 72.6 Å². The molecule has 0 radical (unpaired) electrons. The minimum atomic E-state index is -3.14. The Morgan fingerprint density at radius 2 is 1.86 bits per heavy atom. The van der Waals surface area contributed by atoms with Crippen LogP contribution < -0.4 is 10.5 Å². The van der Waals surface area contributed by atoms with E-state index in [0.29, 0.717) is 24.0 Å². The molecule has 1 heterocycles. The maximum absolute atomic E-state index is 11.4. The third kappa shape index (κ3) is 4.98. The molecule has 1 aromatic carbocycles. The summed E-state index contributed by atoms with van der Waals surface area (Å²) >= 11 is 0. The molecule has 5 nitrogen and oxygen atoms in total. The van der Waals surface area contributed by atoms with Crippen molar-refractivity contribution in [2.75, 3.05) is 39.0 Å². The average molecular weight is 312 g/mol. The standard InChI is InChI=1S/C15H24N2O3S/c1-21(18,19)15-4-2-14(3-5-15)20-12-13-6-9-17(10-7-13)11-8-16/h2-5,13H,6-12,16H2,1H3. The van der Waals surface area contributed by atoms with E-state index in [4.69, 9.17) is 10.5 Å². The summed E-state index contributed by atoms with van der Waals surface area (Å²) in [4.78, 5) is 2.71. The summed E-state index contributed by atoms with van der Waals surface area (Å²) in [7, 11) is -3.14. The maximum Gasteiger partial charge on any atom is 0.175 e. The van der Waals surface area contributed by atoms with Gasteiger partial charge in [-0.2, -0.15) is 0 Å². The van der Waals surface area contributed by atoms with Crippen molar-refractivity contribution in [2.24, 2.45) is 11.7 Å². The first kappa shape index (κ1) is 16.3. The molecule has 118 valence electrons. The second-order valence-corrected chi connectivity index (χ2v) is 7.64. The van der Waals surface area contributed by atoms with Crippen LogP contribution in [0.25, 0.3) is 0 Å². The Morgan fingerprint density at radius 1 is 1.24 bits per heavy atom. The molecule has 1 saturated heterocycles. The van der Waals surface area contributed by atoms with Gasteiger partial charge in [0.25, 0.3) is 0 Å². The number of hydrogen-bond acceptors (Lipinski definition) is 5. The van der Waals surface area contributed by atoms with Crippen LogP contribution in [0.3, 0.4) is 0 Å². The minimum absolute atomic E-state index is 0.324. The van der Waals surface area contributed by atoms with Crippen LogP contribution in [0.2, 0.25) is 0 Å². The fourth-order valence-corrected chi connectivity index (χ4v) is 3.19. The van der Waals surface area contributed by atoms with Gasteiger partial charge in [-0.3, -0.25) is 0 Å². The van der Waals surface area contributed by atoms with Crippen LogP contribution in [0.5, 0.6) is 5.75 Å². The minimum Gasteiger partial charge on any atom is -0.493 e. The lowest BCUT2D eigenvalue weighted by molar-refractivity contribution is 0.144. The van der Waals surface area contributed by atoms with Crippen LogP contribution in [0, 0.1) is 5.92 Å². The van der Waals surface area contributed by atoms with Gasteiger partial charge in [0.15, 0.2) is 9.84 Å². The van der Waals surface area contributed by atoms with Gasteiger partial charge in [-0.25, -0.2) is 8.42 Å². The molecule has 1 aromatic rings. The van der Waals surface area contributed by atoms with Crippen LogP contribution >= 0.6 is 0 Å². The molecule has 6 heteroatoms. The van der Waals surface area contributed by atoms with Crippen LogP contribution in [0.4, 0.5) is 0 Å². The van der Waals surface area contributed by atoms with Gasteiger partial charge in [-0.1, -0.05) is 0 Å². The number of likely N-dealkylation sites (tertiary alicyclic amines) is 1. The van der Waals surface area contributed by atoms with Crippen LogP contribution in [-0.2, 0) is 9.84 Å². The second kappa shape index (κ2) is 7.24. The summed E-state index contributed by atoms with van der Waals surface area (Å²) in [5.41, 5.74) is 5.56. The van der Waals surface area contributed by atoms with Gasteiger partial charge in [0.05, 0.1) is 11.5 Å². The highest BCUT2D eigenvalue weighted by atomic mass is 32.2. The van der Waals surface area contributed by atoms with E-state index in [0.717, 1.165) is 38.2 Å². The molecule has 1 aliphatic heterocycles. The number of nitrogens with two attached hydrogens (primary N) is 1. The van der Waals surface area contributed by atoms with E-state index in [2.05, 4.69) is 4.90 Å². The molecule has 1 fully saturated rings. The zero-order chi connectivity index (χ0) is 15.3. The summed E-state index contributed by atoms with van der Waals surface area (Å²) in [6.45, 7) is 4.54. The fourth-order valence-electron chi connectivity index (χ4n) is 2.56. The second-order valence-electron chi connectivity index (χ2n) is 5.63. The molecule has 21 heavy (non-hydrogen) atoms. The van der Waals surface area contributed by atoms with Crippen molar-refractivity contribution in [1.29, 1.82) is 0 Å². The van der Waals surface area contributed by atoms with E-state index in [1.807, 2.05) is 0 Å². The number of nitrogens with zero attached hydrogens (tertiary/aromatic N) is 1. The molecule has 0 bridgehead atoms. The van der Waals surface area contributed by atoms with Crippen LogP contribution in [0.15, 0.2) is 29.2 Å². The fraction of sp³-hybridized carbons (Fsp3) is 0.600. The molecule has 0 aliphatic carbocycles. The van der Waals surface area contributed by atoms with Crippen molar-refractivity contribution in [3.8, 4) is 5.75 Å². The zero-order valence-corrected chi connectivity index (χ0v) is 13.3. The first-order valence-corrected chi connectivity index (χ1v) is 9.23. The van der Waals surface area contributed by atoms with Gasteiger partial charge < -0.3 is 15.4 Å². The Bertz CT molecular complexity index is 535. The highest BCUT2D eigenvalue weighted by Crippen LogP contribution is 2.20. The highest BCUT2D eigenvalue weighted by Gasteiger charge is 2.19. The average Bonchev–Trinajstić information content (AvgIpc) is 2.46. The monoisotopic (exact) mass is 312 g/mol. The van der Waals surface area contributed by atoms with E-state index >= 15 is 0 Å². The lowest BCUT2D eigenvalue weighted by Gasteiger charge is -2.31. The van der Waals surface area contributed by atoms with E-state index < -0.39 is 9.84 Å². The molecule has 2 rings (SSSR count). The van der Waals surface area contributed by atoms with E-state index in [1.54, 1.807) is 24.3 Å². The predicted molar refractivity (Wildman–Crippen MR) is 83.3 cm³/mol. The zero-order valence-electron chi connectivity index (χ0n) is 12.5. The first-order chi connectivity index (χ1) is 9.99. The van der Waals surface area contributed by atoms with Gasteiger partial charge in [0.1, 0.15) is 5.75 Å². The number of rotatable bonds is 6. The Kier molecular flexibility index (Phi) is 5.61. The van der Waals surface area contributed by atoms with Crippen molar-refractivity contribution in [2.45, 2.75) is 17.7 Å². The highest BCUT2D eigenvalue weighted by molar-refractivity contribution is 7.90. The van der Waals surface area contributed by atoms with Crippen molar-refractivity contribution in [3.63, 3.8) is 0 Å². The van der Waals surface area contributed by atoms with Crippen LogP contribution in [-0.4, -0.2) is 52.4 Å². The molecule has 1 aliphatic rings. The molecular weight excluding hydrogens is 288 g/mol. The third-order valence-electron chi connectivity index (χ3n) is 3.89. The molecule has 2 N–H and O–H groups in total. The van der Waals surface area contributed by atoms with Crippen molar-refractivity contribution >= 4 is 9.84 Å². The van der Waals surface area contributed by atoms with Crippen molar-refractivity contribution in [3.05, 3.63) is 24.3 Å². The van der Waals surface area contributed by atoms with Gasteiger partial charge in [-0.05, 0) is 56.1 Å². The summed E-state index contributed by atoms with van der Waals surface area (Å²) in [6.07, 6.45) is 3.46. The summed E-state index contributed by atoms with van der Waals surface area (Å²) in [5, 5.41) is 0. The lowest BCUT2D eigenvalue weighted by atomic mass is 9.98. The number of benzene rings is 1. The summed E-state index contributed by atoms with van der Waals surface area (Å²) < 4.78 is 28.5. The smallest absolute Gasteiger partial charge is 0.175 e. The Hall–Kier alpha value is -1.11. The molecule has 0 saturated carbocycles. The lowest BCUT2D eigenvalue weighted by Crippen LogP contribution is -2.38. The SMILES string of the molecule is CS(=O)(=O)c1ccc(OCC2CCN(CCN)CC2)cc1. The van der Waals surface area contributed by atoms with Gasteiger partial charge in [-0.15, -0.1) is 0 Å². The third-order valence-corrected chi connectivity index (χ3v) is 5.02. The van der Waals surface area contributed by atoms with E-state index in [-0.39, 0.29) is 0 Å². The molecule has 0 amide bonds. The normalized spacial score (nSPS) is 17.8. The van der Waals surface area contributed by atoms with E-state index in [9.17, 15) is 8.42 Å². The Morgan fingerprint density at radius 3 is 2.38 bits per heavy atom. The number of ether oxygens (including phenoxy) is 1. The first-order valence-electron chi connectivity index (χ1n) is 7.34. The van der Waals surface area contributed by atoms with E-state index in [1.165, 1.54) is 6.26 Å². The Balaban J connectivity index is 1.79. The largest absolute Gasteiger partial charge is 0.493 e.